The third-order valence-corrected chi connectivity index (χ3v) is 3.23. The van der Waals surface area contributed by atoms with E-state index in [0.717, 1.165) is 31.0 Å². The summed E-state index contributed by atoms with van der Waals surface area (Å²) in [5.41, 5.74) is 1.25. The maximum Gasteiger partial charge on any atom is 0.110 e. The lowest BCUT2D eigenvalue weighted by molar-refractivity contribution is 0.481. The molecule has 0 bridgehead atoms. The standard InChI is InChI=1S/C14H21N3O/c1-4-13-11(6-9-18-13)12(15-5-2)10-14-16-7-8-17(14)3/h6-9,12,15H,4-5,10H2,1-3H3. The highest BCUT2D eigenvalue weighted by molar-refractivity contribution is 5.22. The topological polar surface area (TPSA) is 43.0 Å². The lowest BCUT2D eigenvalue weighted by atomic mass is 10.0. The van der Waals surface area contributed by atoms with Gasteiger partial charge < -0.3 is 14.3 Å². The van der Waals surface area contributed by atoms with Crippen molar-refractivity contribution in [2.24, 2.45) is 7.05 Å². The molecule has 4 heteroatoms. The number of hydrogen-bond acceptors (Lipinski definition) is 3. The molecule has 2 aromatic rings. The van der Waals surface area contributed by atoms with Crippen LogP contribution in [0.1, 0.15) is 37.0 Å². The van der Waals surface area contributed by atoms with Gasteiger partial charge in [0.05, 0.1) is 6.26 Å². The van der Waals surface area contributed by atoms with Crippen LogP contribution in [0.3, 0.4) is 0 Å². The van der Waals surface area contributed by atoms with Crippen molar-refractivity contribution < 1.29 is 4.42 Å². The Morgan fingerprint density at radius 3 is 2.89 bits per heavy atom. The zero-order valence-electron chi connectivity index (χ0n) is 11.3. The zero-order valence-corrected chi connectivity index (χ0v) is 11.3. The second-order valence-corrected chi connectivity index (χ2v) is 4.42. The molecule has 1 N–H and O–H groups in total. The number of aromatic nitrogens is 2. The third-order valence-electron chi connectivity index (χ3n) is 3.23. The molecule has 0 saturated carbocycles. The Bertz CT molecular complexity index is 487. The fourth-order valence-corrected chi connectivity index (χ4v) is 2.26. The fourth-order valence-electron chi connectivity index (χ4n) is 2.26. The van der Waals surface area contributed by atoms with Gasteiger partial charge in [0.1, 0.15) is 11.6 Å². The van der Waals surface area contributed by atoms with Gasteiger partial charge in [-0.25, -0.2) is 4.98 Å². The van der Waals surface area contributed by atoms with Gasteiger partial charge in [-0.1, -0.05) is 13.8 Å². The smallest absolute Gasteiger partial charge is 0.110 e. The van der Waals surface area contributed by atoms with Crippen molar-refractivity contribution in [2.75, 3.05) is 6.54 Å². The van der Waals surface area contributed by atoms with Gasteiger partial charge in [-0.15, -0.1) is 0 Å². The molecule has 0 aliphatic heterocycles. The maximum absolute atomic E-state index is 5.52. The summed E-state index contributed by atoms with van der Waals surface area (Å²) >= 11 is 0. The van der Waals surface area contributed by atoms with E-state index >= 15 is 0 Å². The van der Waals surface area contributed by atoms with Gasteiger partial charge in [0, 0.05) is 43.9 Å². The van der Waals surface area contributed by atoms with E-state index in [4.69, 9.17) is 4.42 Å². The Labute approximate surface area is 108 Å². The largest absolute Gasteiger partial charge is 0.469 e. The van der Waals surface area contributed by atoms with E-state index in [9.17, 15) is 0 Å². The highest BCUT2D eigenvalue weighted by atomic mass is 16.3. The number of aryl methyl sites for hydroxylation is 2. The highest BCUT2D eigenvalue weighted by Crippen LogP contribution is 2.23. The van der Waals surface area contributed by atoms with Crippen LogP contribution in [-0.2, 0) is 19.9 Å². The van der Waals surface area contributed by atoms with E-state index < -0.39 is 0 Å². The maximum atomic E-state index is 5.52. The van der Waals surface area contributed by atoms with Crippen LogP contribution in [0.25, 0.3) is 0 Å². The molecular formula is C14H21N3O. The van der Waals surface area contributed by atoms with Crippen molar-refractivity contribution >= 4 is 0 Å². The second kappa shape index (κ2) is 5.87. The van der Waals surface area contributed by atoms with Gasteiger partial charge in [-0.3, -0.25) is 0 Å². The van der Waals surface area contributed by atoms with Crippen LogP contribution in [0.4, 0.5) is 0 Å². The van der Waals surface area contributed by atoms with Crippen molar-refractivity contribution in [1.82, 2.24) is 14.9 Å². The highest BCUT2D eigenvalue weighted by Gasteiger charge is 2.18. The van der Waals surface area contributed by atoms with Crippen molar-refractivity contribution in [3.63, 3.8) is 0 Å². The van der Waals surface area contributed by atoms with E-state index in [1.807, 2.05) is 19.4 Å². The van der Waals surface area contributed by atoms with E-state index in [0.29, 0.717) is 0 Å². The molecule has 4 nitrogen and oxygen atoms in total. The van der Waals surface area contributed by atoms with Gasteiger partial charge in [0.2, 0.25) is 0 Å². The molecule has 1 atom stereocenters. The van der Waals surface area contributed by atoms with Crippen LogP contribution in [0.5, 0.6) is 0 Å². The summed E-state index contributed by atoms with van der Waals surface area (Å²) in [5.74, 6) is 2.15. The Morgan fingerprint density at radius 1 is 1.44 bits per heavy atom. The van der Waals surface area contributed by atoms with Crippen LogP contribution in [0.2, 0.25) is 0 Å². The van der Waals surface area contributed by atoms with Crippen LogP contribution in [0, 0.1) is 0 Å². The Kier molecular flexibility index (Phi) is 4.20. The average molecular weight is 247 g/mol. The van der Waals surface area contributed by atoms with Gasteiger partial charge >= 0.3 is 0 Å². The summed E-state index contributed by atoms with van der Waals surface area (Å²) in [6, 6.07) is 2.33. The zero-order chi connectivity index (χ0) is 13.0. The summed E-state index contributed by atoms with van der Waals surface area (Å²) < 4.78 is 7.59. The molecule has 0 aliphatic carbocycles. The van der Waals surface area contributed by atoms with Crippen molar-refractivity contribution in [2.45, 2.75) is 32.7 Å². The van der Waals surface area contributed by atoms with E-state index in [-0.39, 0.29) is 6.04 Å². The van der Waals surface area contributed by atoms with Crippen LogP contribution in [-0.4, -0.2) is 16.1 Å². The molecule has 2 heterocycles. The lowest BCUT2D eigenvalue weighted by Crippen LogP contribution is -2.24. The minimum atomic E-state index is 0.268. The van der Waals surface area contributed by atoms with Crippen molar-refractivity contribution in [3.8, 4) is 0 Å². The number of rotatable bonds is 6. The summed E-state index contributed by atoms with van der Waals surface area (Å²) in [6.45, 7) is 5.17. The van der Waals surface area contributed by atoms with E-state index in [2.05, 4.69) is 34.8 Å². The Hall–Kier alpha value is -1.55. The Morgan fingerprint density at radius 2 is 2.28 bits per heavy atom. The fraction of sp³-hybridized carbons (Fsp3) is 0.500. The summed E-state index contributed by atoms with van der Waals surface area (Å²) in [4.78, 5) is 4.40. The average Bonchev–Trinajstić information content (AvgIpc) is 2.98. The number of hydrogen-bond donors (Lipinski definition) is 1. The second-order valence-electron chi connectivity index (χ2n) is 4.42. The first-order valence-electron chi connectivity index (χ1n) is 6.52. The molecule has 98 valence electrons. The third kappa shape index (κ3) is 2.64. The van der Waals surface area contributed by atoms with Crippen molar-refractivity contribution in [1.29, 1.82) is 0 Å². The normalized spacial score (nSPS) is 12.8. The first kappa shape index (κ1) is 12.9. The summed E-state index contributed by atoms with van der Waals surface area (Å²) in [6.07, 6.45) is 7.40. The molecule has 1 unspecified atom stereocenters. The molecular weight excluding hydrogens is 226 g/mol. The van der Waals surface area contributed by atoms with Crippen LogP contribution >= 0.6 is 0 Å². The van der Waals surface area contributed by atoms with Gasteiger partial charge in [-0.05, 0) is 12.6 Å². The summed E-state index contributed by atoms with van der Waals surface area (Å²) in [7, 11) is 2.03. The number of imidazole rings is 1. The molecule has 0 radical (unpaired) electrons. The molecule has 0 aliphatic rings. The first-order chi connectivity index (χ1) is 8.76. The monoisotopic (exact) mass is 247 g/mol. The number of furan rings is 1. The van der Waals surface area contributed by atoms with Gasteiger partial charge in [0.15, 0.2) is 0 Å². The van der Waals surface area contributed by atoms with Crippen LogP contribution < -0.4 is 5.32 Å². The number of nitrogens with one attached hydrogen (secondary N) is 1. The SMILES string of the molecule is CCNC(Cc1nccn1C)c1ccoc1CC. The molecule has 0 amide bonds. The Balaban J connectivity index is 2.21. The van der Waals surface area contributed by atoms with E-state index in [1.165, 1.54) is 5.56 Å². The van der Waals surface area contributed by atoms with Gasteiger partial charge in [0.25, 0.3) is 0 Å². The number of nitrogens with zero attached hydrogens (tertiary/aromatic N) is 2. The predicted octanol–water partition coefficient (Wildman–Crippen LogP) is 2.47. The molecule has 18 heavy (non-hydrogen) atoms. The molecule has 0 saturated heterocycles. The molecule has 2 aromatic heterocycles. The molecule has 0 fully saturated rings. The molecule has 2 rings (SSSR count). The minimum Gasteiger partial charge on any atom is -0.469 e. The minimum absolute atomic E-state index is 0.268. The predicted molar refractivity (Wildman–Crippen MR) is 71.4 cm³/mol. The first-order valence-corrected chi connectivity index (χ1v) is 6.52. The lowest BCUT2D eigenvalue weighted by Gasteiger charge is -2.17. The molecule has 0 aromatic carbocycles. The summed E-state index contributed by atoms with van der Waals surface area (Å²) in [5, 5.41) is 3.51. The van der Waals surface area contributed by atoms with Crippen molar-refractivity contribution in [3.05, 3.63) is 41.9 Å². The van der Waals surface area contributed by atoms with Crippen LogP contribution in [0.15, 0.2) is 29.1 Å². The quantitative estimate of drug-likeness (QED) is 0.852. The molecule has 0 spiro atoms. The van der Waals surface area contributed by atoms with Gasteiger partial charge in [-0.2, -0.15) is 0 Å². The van der Waals surface area contributed by atoms with E-state index in [1.54, 1.807) is 6.26 Å². The number of likely N-dealkylation sites (N-methyl/N-ethyl adjacent to an activating group) is 1.